The van der Waals surface area contributed by atoms with E-state index in [1.807, 2.05) is 0 Å². The lowest BCUT2D eigenvalue weighted by Crippen LogP contribution is -2.29. The zero-order chi connectivity index (χ0) is 19.0. The van der Waals surface area contributed by atoms with Crippen molar-refractivity contribution in [1.29, 1.82) is 0 Å². The van der Waals surface area contributed by atoms with E-state index in [-0.39, 0.29) is 17.6 Å². The highest BCUT2D eigenvalue weighted by molar-refractivity contribution is 7.22. The molecule has 4 rings (SSSR count). The van der Waals surface area contributed by atoms with Crippen molar-refractivity contribution >= 4 is 44.4 Å². The first kappa shape index (κ1) is 17.3. The lowest BCUT2D eigenvalue weighted by Gasteiger charge is -2.08. The largest absolute Gasteiger partial charge is 0.396 e. The molecule has 0 atom stereocenters. The molecule has 0 radical (unpaired) electrons. The number of nitrogens with one attached hydrogen (secondary N) is 1. The van der Waals surface area contributed by atoms with E-state index in [0.717, 1.165) is 4.90 Å². The molecule has 0 spiro atoms. The highest BCUT2D eigenvalue weighted by Crippen LogP contribution is 2.34. The first-order valence-corrected chi connectivity index (χ1v) is 9.19. The zero-order valence-electron chi connectivity index (χ0n) is 14.1. The summed E-state index contributed by atoms with van der Waals surface area (Å²) in [5, 5.41) is 11.8. The quantitative estimate of drug-likeness (QED) is 0.521. The highest BCUT2D eigenvalue weighted by atomic mass is 32.1. The van der Waals surface area contributed by atoms with Gasteiger partial charge in [-0.2, -0.15) is 0 Å². The number of carbonyl (C=O) groups excluding carboxylic acids is 3. The third-order valence-electron chi connectivity index (χ3n) is 4.25. The number of thiazole rings is 1. The maximum Gasteiger partial charge on any atom is 0.268 e. The number of aliphatic hydroxyl groups excluding tert-OH is 1. The molecule has 0 bridgehead atoms. The van der Waals surface area contributed by atoms with Crippen LogP contribution in [0.4, 0.5) is 5.13 Å². The lowest BCUT2D eigenvalue weighted by molar-refractivity contribution is 0.0921. The van der Waals surface area contributed by atoms with Gasteiger partial charge in [0, 0.05) is 18.7 Å². The number of aliphatic hydroxyl groups is 1. The minimum absolute atomic E-state index is 0.0117. The Morgan fingerprint density at radius 3 is 2.48 bits per heavy atom. The summed E-state index contributed by atoms with van der Waals surface area (Å²) in [4.78, 5) is 42.8. The van der Waals surface area contributed by atoms with Crippen LogP contribution in [0, 0.1) is 0 Å². The second-order valence-corrected chi connectivity index (χ2v) is 7.01. The Hall–Kier alpha value is -3.10. The summed E-state index contributed by atoms with van der Waals surface area (Å²) >= 11 is 1.19. The van der Waals surface area contributed by atoms with E-state index in [4.69, 9.17) is 5.11 Å². The SMILES string of the molecule is O=C(NCCCO)c1ccc2nc(N3C(=O)c4ccccc4C3=O)sc2c1. The van der Waals surface area contributed by atoms with Crippen molar-refractivity contribution in [3.63, 3.8) is 0 Å². The van der Waals surface area contributed by atoms with Crippen molar-refractivity contribution in [1.82, 2.24) is 10.3 Å². The number of imide groups is 1. The van der Waals surface area contributed by atoms with Crippen molar-refractivity contribution in [3.05, 3.63) is 59.2 Å². The van der Waals surface area contributed by atoms with Gasteiger partial charge < -0.3 is 10.4 Å². The Morgan fingerprint density at radius 2 is 1.81 bits per heavy atom. The molecular weight excluding hydrogens is 366 g/mol. The average molecular weight is 381 g/mol. The molecule has 0 fully saturated rings. The van der Waals surface area contributed by atoms with Crippen LogP contribution in [0.5, 0.6) is 0 Å². The molecule has 0 saturated heterocycles. The number of carbonyl (C=O) groups is 3. The molecule has 2 heterocycles. The molecule has 2 N–H and O–H groups in total. The summed E-state index contributed by atoms with van der Waals surface area (Å²) in [5.41, 5.74) is 1.80. The highest BCUT2D eigenvalue weighted by Gasteiger charge is 2.38. The number of rotatable bonds is 5. The van der Waals surface area contributed by atoms with Gasteiger partial charge in [0.15, 0.2) is 0 Å². The van der Waals surface area contributed by atoms with Gasteiger partial charge in [0.1, 0.15) is 0 Å². The molecular formula is C19H15N3O4S. The summed E-state index contributed by atoms with van der Waals surface area (Å²) < 4.78 is 0.705. The Kier molecular flexibility index (Phi) is 4.43. The van der Waals surface area contributed by atoms with Crippen molar-refractivity contribution in [2.24, 2.45) is 0 Å². The predicted molar refractivity (Wildman–Crippen MR) is 101 cm³/mol. The number of hydrogen-bond acceptors (Lipinski definition) is 6. The lowest BCUT2D eigenvalue weighted by atomic mass is 10.1. The van der Waals surface area contributed by atoms with Gasteiger partial charge in [0.2, 0.25) is 5.13 Å². The number of nitrogens with zero attached hydrogens (tertiary/aromatic N) is 2. The molecule has 2 aromatic carbocycles. The first-order valence-electron chi connectivity index (χ1n) is 8.37. The van der Waals surface area contributed by atoms with E-state index in [9.17, 15) is 14.4 Å². The van der Waals surface area contributed by atoms with E-state index in [1.165, 1.54) is 11.3 Å². The minimum atomic E-state index is -0.392. The van der Waals surface area contributed by atoms with Gasteiger partial charge in [-0.15, -0.1) is 0 Å². The van der Waals surface area contributed by atoms with Crippen LogP contribution in [0.25, 0.3) is 10.2 Å². The third-order valence-corrected chi connectivity index (χ3v) is 5.25. The van der Waals surface area contributed by atoms with Crippen LogP contribution < -0.4 is 10.2 Å². The normalized spacial score (nSPS) is 13.3. The van der Waals surface area contributed by atoms with Gasteiger partial charge in [-0.3, -0.25) is 14.4 Å². The first-order chi connectivity index (χ1) is 13.1. The van der Waals surface area contributed by atoms with Gasteiger partial charge in [-0.25, -0.2) is 9.88 Å². The van der Waals surface area contributed by atoms with E-state index < -0.39 is 11.8 Å². The molecule has 0 aliphatic carbocycles. The minimum Gasteiger partial charge on any atom is -0.396 e. The number of hydrogen-bond donors (Lipinski definition) is 2. The van der Waals surface area contributed by atoms with Crippen molar-refractivity contribution in [2.45, 2.75) is 6.42 Å². The van der Waals surface area contributed by atoms with Crippen LogP contribution in [0.1, 0.15) is 37.5 Å². The van der Waals surface area contributed by atoms with E-state index in [0.29, 0.717) is 39.9 Å². The monoisotopic (exact) mass is 381 g/mol. The third kappa shape index (κ3) is 2.98. The van der Waals surface area contributed by atoms with E-state index in [1.54, 1.807) is 42.5 Å². The van der Waals surface area contributed by atoms with Crippen LogP contribution in [-0.2, 0) is 0 Å². The van der Waals surface area contributed by atoms with Gasteiger partial charge in [-0.05, 0) is 36.8 Å². The van der Waals surface area contributed by atoms with Crippen molar-refractivity contribution in [2.75, 3.05) is 18.1 Å². The summed E-state index contributed by atoms with van der Waals surface area (Å²) in [6.45, 7) is 0.397. The second-order valence-electron chi connectivity index (χ2n) is 6.00. The fourth-order valence-corrected chi connectivity index (χ4v) is 3.90. The van der Waals surface area contributed by atoms with Crippen LogP contribution in [0.15, 0.2) is 42.5 Å². The zero-order valence-corrected chi connectivity index (χ0v) is 15.0. The number of aromatic nitrogens is 1. The van der Waals surface area contributed by atoms with Crippen LogP contribution in [-0.4, -0.2) is 41.0 Å². The smallest absolute Gasteiger partial charge is 0.268 e. The topological polar surface area (TPSA) is 99.6 Å². The Morgan fingerprint density at radius 1 is 1.11 bits per heavy atom. The maximum absolute atomic E-state index is 12.6. The second kappa shape index (κ2) is 6.90. The number of anilines is 1. The molecule has 1 aliphatic rings. The van der Waals surface area contributed by atoms with Gasteiger partial charge in [-0.1, -0.05) is 23.5 Å². The molecule has 27 heavy (non-hydrogen) atoms. The summed E-state index contributed by atoms with van der Waals surface area (Å²) in [6.07, 6.45) is 0.485. The molecule has 3 aromatic rings. The molecule has 3 amide bonds. The fourth-order valence-electron chi connectivity index (χ4n) is 2.90. The maximum atomic E-state index is 12.6. The number of fused-ring (bicyclic) bond motifs is 2. The standard InChI is InChI=1S/C19H15N3O4S/c23-9-3-8-20-16(24)11-6-7-14-15(10-11)27-19(21-14)22-17(25)12-4-1-2-5-13(12)18(22)26/h1-2,4-7,10,23H,3,8-9H2,(H,20,24). The van der Waals surface area contributed by atoms with Gasteiger partial charge >= 0.3 is 0 Å². The van der Waals surface area contributed by atoms with Crippen molar-refractivity contribution in [3.8, 4) is 0 Å². The van der Waals surface area contributed by atoms with Crippen LogP contribution in [0.3, 0.4) is 0 Å². The Bertz CT molecular complexity index is 1040. The van der Waals surface area contributed by atoms with E-state index >= 15 is 0 Å². The summed E-state index contributed by atoms with van der Waals surface area (Å²) in [5.74, 6) is -1.03. The summed E-state index contributed by atoms with van der Waals surface area (Å²) in [6, 6.07) is 11.7. The average Bonchev–Trinajstić information content (AvgIpc) is 3.20. The molecule has 0 saturated carbocycles. The molecule has 1 aliphatic heterocycles. The molecule has 136 valence electrons. The molecule has 0 unspecified atom stereocenters. The van der Waals surface area contributed by atoms with Crippen molar-refractivity contribution < 1.29 is 19.5 Å². The Labute approximate surface area is 158 Å². The predicted octanol–water partition coefficient (Wildman–Crippen LogP) is 2.21. The summed E-state index contributed by atoms with van der Waals surface area (Å²) in [7, 11) is 0. The number of benzene rings is 2. The fraction of sp³-hybridized carbons (Fsp3) is 0.158. The van der Waals surface area contributed by atoms with Crippen LogP contribution >= 0.6 is 11.3 Å². The number of amides is 3. The Balaban J connectivity index is 1.64. The molecule has 1 aromatic heterocycles. The molecule has 8 heteroatoms. The molecule has 7 nitrogen and oxygen atoms in total. The van der Waals surface area contributed by atoms with Crippen LogP contribution in [0.2, 0.25) is 0 Å². The van der Waals surface area contributed by atoms with Gasteiger partial charge in [0.05, 0.1) is 21.3 Å². The van der Waals surface area contributed by atoms with E-state index in [2.05, 4.69) is 10.3 Å². The van der Waals surface area contributed by atoms with Gasteiger partial charge in [0.25, 0.3) is 17.7 Å².